The number of nitrogens with one attached hydrogen (secondary N) is 1. The monoisotopic (exact) mass is 202 g/mol. The summed E-state index contributed by atoms with van der Waals surface area (Å²) < 4.78 is 0. The van der Waals surface area contributed by atoms with Crippen LogP contribution in [0.4, 0.5) is 0 Å². The maximum absolute atomic E-state index is 3.39. The summed E-state index contributed by atoms with van der Waals surface area (Å²) in [4.78, 5) is 2.60. The number of piperazine rings is 1. The highest BCUT2D eigenvalue weighted by atomic mass is 32.2. The molecule has 0 aromatic carbocycles. The molecule has 78 valence electrons. The third-order valence-corrected chi connectivity index (χ3v) is 3.95. The van der Waals surface area contributed by atoms with Gasteiger partial charge in [-0.2, -0.15) is 11.8 Å². The Hall–Kier alpha value is 0.270. The molecule has 1 saturated heterocycles. The van der Waals surface area contributed by atoms with Gasteiger partial charge in [-0.25, -0.2) is 0 Å². The highest BCUT2D eigenvalue weighted by Crippen LogP contribution is 2.20. The van der Waals surface area contributed by atoms with Gasteiger partial charge in [0.1, 0.15) is 0 Å². The van der Waals surface area contributed by atoms with Gasteiger partial charge in [0.05, 0.1) is 0 Å². The van der Waals surface area contributed by atoms with Crippen molar-refractivity contribution >= 4 is 11.8 Å². The Morgan fingerprint density at radius 3 is 2.46 bits per heavy atom. The smallest absolute Gasteiger partial charge is 0.0244 e. The molecule has 0 unspecified atom stereocenters. The van der Waals surface area contributed by atoms with Gasteiger partial charge < -0.3 is 5.32 Å². The van der Waals surface area contributed by atoms with Crippen molar-refractivity contribution in [2.24, 2.45) is 0 Å². The van der Waals surface area contributed by atoms with Crippen molar-refractivity contribution in [3.8, 4) is 0 Å². The third kappa shape index (κ3) is 3.49. The summed E-state index contributed by atoms with van der Waals surface area (Å²) in [7, 11) is 0. The number of nitrogens with zero attached hydrogens (tertiary/aromatic N) is 1. The highest BCUT2D eigenvalue weighted by molar-refractivity contribution is 7.99. The number of hydrogen-bond acceptors (Lipinski definition) is 3. The van der Waals surface area contributed by atoms with Gasteiger partial charge in [-0.05, 0) is 19.6 Å². The number of thioether (sulfide) groups is 1. The molecule has 0 saturated carbocycles. The molecule has 0 spiro atoms. The first-order valence-electron chi connectivity index (χ1n) is 5.20. The van der Waals surface area contributed by atoms with Crippen molar-refractivity contribution in [1.82, 2.24) is 10.2 Å². The first-order valence-corrected chi connectivity index (χ1v) is 6.36. The Balaban J connectivity index is 2.36. The lowest BCUT2D eigenvalue weighted by molar-refractivity contribution is 0.123. The minimum atomic E-state index is 0.378. The van der Waals surface area contributed by atoms with Gasteiger partial charge in [-0.15, -0.1) is 0 Å². The first kappa shape index (κ1) is 11.3. The zero-order valence-electron chi connectivity index (χ0n) is 9.10. The van der Waals surface area contributed by atoms with Gasteiger partial charge in [-0.1, -0.05) is 6.92 Å². The van der Waals surface area contributed by atoms with Crippen molar-refractivity contribution in [2.75, 3.05) is 37.7 Å². The lowest BCUT2D eigenvalue weighted by atomic mass is 10.1. The quantitative estimate of drug-likeness (QED) is 0.742. The molecule has 0 bridgehead atoms. The maximum atomic E-state index is 3.39. The minimum Gasteiger partial charge on any atom is -0.314 e. The van der Waals surface area contributed by atoms with E-state index in [0.717, 1.165) is 13.1 Å². The van der Waals surface area contributed by atoms with Crippen molar-refractivity contribution in [3.63, 3.8) is 0 Å². The van der Waals surface area contributed by atoms with Gasteiger partial charge in [0.2, 0.25) is 0 Å². The highest BCUT2D eigenvalue weighted by Gasteiger charge is 2.27. The van der Waals surface area contributed by atoms with E-state index in [1.165, 1.54) is 24.6 Å². The zero-order chi connectivity index (χ0) is 9.73. The second-order valence-electron chi connectivity index (χ2n) is 4.19. The van der Waals surface area contributed by atoms with E-state index in [1.54, 1.807) is 0 Å². The minimum absolute atomic E-state index is 0.378. The van der Waals surface area contributed by atoms with Crippen LogP contribution in [0.3, 0.4) is 0 Å². The van der Waals surface area contributed by atoms with Crippen molar-refractivity contribution in [3.05, 3.63) is 0 Å². The Morgan fingerprint density at radius 2 is 1.92 bits per heavy atom. The fourth-order valence-corrected chi connectivity index (χ4v) is 2.60. The number of rotatable bonds is 4. The predicted molar refractivity (Wildman–Crippen MR) is 61.5 cm³/mol. The standard InChI is InChI=1S/C10H22N2S/c1-4-13-9-10(2,3)12-7-5-11-6-8-12/h11H,4-9H2,1-3H3. The molecule has 2 nitrogen and oxygen atoms in total. The topological polar surface area (TPSA) is 15.3 Å². The molecular weight excluding hydrogens is 180 g/mol. The largest absolute Gasteiger partial charge is 0.314 e. The maximum Gasteiger partial charge on any atom is 0.0244 e. The second-order valence-corrected chi connectivity index (χ2v) is 5.46. The normalized spacial score (nSPS) is 20.5. The van der Waals surface area contributed by atoms with Crippen LogP contribution in [-0.2, 0) is 0 Å². The Bertz CT molecular complexity index is 142. The summed E-state index contributed by atoms with van der Waals surface area (Å²) in [5.41, 5.74) is 0.378. The lowest BCUT2D eigenvalue weighted by Gasteiger charge is -2.41. The lowest BCUT2D eigenvalue weighted by Crippen LogP contribution is -2.54. The third-order valence-electron chi connectivity index (χ3n) is 2.63. The van der Waals surface area contributed by atoms with Gasteiger partial charge in [-0.3, -0.25) is 4.90 Å². The van der Waals surface area contributed by atoms with Crippen LogP contribution >= 0.6 is 11.8 Å². The van der Waals surface area contributed by atoms with E-state index >= 15 is 0 Å². The van der Waals surface area contributed by atoms with Crippen LogP contribution in [0, 0.1) is 0 Å². The molecule has 1 fully saturated rings. The van der Waals surface area contributed by atoms with E-state index in [9.17, 15) is 0 Å². The molecule has 0 amide bonds. The van der Waals surface area contributed by atoms with E-state index in [4.69, 9.17) is 0 Å². The summed E-state index contributed by atoms with van der Waals surface area (Å²) >= 11 is 2.05. The van der Waals surface area contributed by atoms with E-state index in [0.29, 0.717) is 5.54 Å². The van der Waals surface area contributed by atoms with Crippen LogP contribution in [0.15, 0.2) is 0 Å². The van der Waals surface area contributed by atoms with Crippen LogP contribution < -0.4 is 5.32 Å². The molecule has 1 aliphatic heterocycles. The Kier molecular flexibility index (Phi) is 4.56. The summed E-state index contributed by atoms with van der Waals surface area (Å²) in [6.07, 6.45) is 0. The summed E-state index contributed by atoms with van der Waals surface area (Å²) in [5, 5.41) is 3.39. The van der Waals surface area contributed by atoms with Crippen molar-refractivity contribution in [1.29, 1.82) is 0 Å². The van der Waals surface area contributed by atoms with Crippen molar-refractivity contribution in [2.45, 2.75) is 26.3 Å². The summed E-state index contributed by atoms with van der Waals surface area (Å²) in [6.45, 7) is 11.7. The van der Waals surface area contributed by atoms with E-state index in [1.807, 2.05) is 11.8 Å². The fraction of sp³-hybridized carbons (Fsp3) is 1.00. The molecule has 0 radical (unpaired) electrons. The van der Waals surface area contributed by atoms with Crippen LogP contribution in [0.1, 0.15) is 20.8 Å². The molecule has 0 atom stereocenters. The molecule has 1 rings (SSSR count). The molecule has 1 heterocycles. The van der Waals surface area contributed by atoms with Gasteiger partial charge in [0.15, 0.2) is 0 Å². The molecule has 1 N–H and O–H groups in total. The molecular formula is C10H22N2S. The molecule has 1 aliphatic rings. The zero-order valence-corrected chi connectivity index (χ0v) is 9.91. The average Bonchev–Trinajstić information content (AvgIpc) is 2.16. The van der Waals surface area contributed by atoms with Crippen LogP contribution in [-0.4, -0.2) is 48.1 Å². The van der Waals surface area contributed by atoms with E-state index < -0.39 is 0 Å². The second kappa shape index (κ2) is 5.23. The van der Waals surface area contributed by atoms with Gasteiger partial charge in [0.25, 0.3) is 0 Å². The van der Waals surface area contributed by atoms with E-state index in [2.05, 4.69) is 31.0 Å². The predicted octanol–water partition coefficient (Wildman–Crippen LogP) is 1.42. The van der Waals surface area contributed by atoms with E-state index in [-0.39, 0.29) is 0 Å². The Labute approximate surface area is 86.5 Å². The van der Waals surface area contributed by atoms with Crippen LogP contribution in [0.5, 0.6) is 0 Å². The van der Waals surface area contributed by atoms with Gasteiger partial charge >= 0.3 is 0 Å². The fourth-order valence-electron chi connectivity index (χ4n) is 1.71. The Morgan fingerprint density at radius 1 is 1.31 bits per heavy atom. The van der Waals surface area contributed by atoms with Crippen LogP contribution in [0.25, 0.3) is 0 Å². The molecule has 0 aromatic heterocycles. The summed E-state index contributed by atoms with van der Waals surface area (Å²) in [5.74, 6) is 2.49. The number of hydrogen-bond donors (Lipinski definition) is 1. The average molecular weight is 202 g/mol. The molecule has 0 aromatic rings. The van der Waals surface area contributed by atoms with Gasteiger partial charge in [0, 0.05) is 37.5 Å². The molecule has 13 heavy (non-hydrogen) atoms. The molecule has 3 heteroatoms. The van der Waals surface area contributed by atoms with Crippen LogP contribution in [0.2, 0.25) is 0 Å². The molecule has 0 aliphatic carbocycles. The van der Waals surface area contributed by atoms with Crippen molar-refractivity contribution < 1.29 is 0 Å². The first-order chi connectivity index (χ1) is 6.17. The summed E-state index contributed by atoms with van der Waals surface area (Å²) in [6, 6.07) is 0. The SMILES string of the molecule is CCSCC(C)(C)N1CCNCC1.